The zero-order valence-corrected chi connectivity index (χ0v) is 12.7. The van der Waals surface area contributed by atoms with Gasteiger partial charge in [-0.1, -0.05) is 29.8 Å². The number of aryl methyl sites for hydroxylation is 1. The van der Waals surface area contributed by atoms with Crippen LogP contribution in [0.5, 0.6) is 5.75 Å². The number of carbonyl (C=O) groups excluding carboxylic acids is 1. The predicted octanol–water partition coefficient (Wildman–Crippen LogP) is 2.35. The number of carboxylic acid groups (broad SMARTS) is 1. The first-order valence-corrected chi connectivity index (χ1v) is 7.38. The van der Waals surface area contributed by atoms with Gasteiger partial charge in [-0.2, -0.15) is 0 Å². The average molecular weight is 311 g/mol. The molecule has 3 rings (SSSR count). The molecule has 0 radical (unpaired) electrons. The lowest BCUT2D eigenvalue weighted by Gasteiger charge is -2.13. The molecule has 5 heteroatoms. The van der Waals surface area contributed by atoms with Gasteiger partial charge in [-0.15, -0.1) is 0 Å². The van der Waals surface area contributed by atoms with Crippen molar-refractivity contribution in [3.63, 3.8) is 0 Å². The van der Waals surface area contributed by atoms with E-state index in [2.05, 4.69) is 5.32 Å². The molecule has 5 nitrogen and oxygen atoms in total. The molecule has 1 aliphatic rings. The molecule has 23 heavy (non-hydrogen) atoms. The summed E-state index contributed by atoms with van der Waals surface area (Å²) in [6, 6.07) is 13.4. The molecule has 0 bridgehead atoms. The lowest BCUT2D eigenvalue weighted by molar-refractivity contribution is -0.124. The van der Waals surface area contributed by atoms with E-state index in [0.717, 1.165) is 5.56 Å². The van der Waals surface area contributed by atoms with Crippen molar-refractivity contribution in [1.82, 2.24) is 5.32 Å². The molecular formula is C18H17NO4. The predicted molar refractivity (Wildman–Crippen MR) is 84.7 cm³/mol. The van der Waals surface area contributed by atoms with Crippen molar-refractivity contribution in [3.8, 4) is 5.75 Å². The Morgan fingerprint density at radius 2 is 1.96 bits per heavy atom. The minimum Gasteiger partial charge on any atom is -0.481 e. The molecule has 1 fully saturated rings. The number of rotatable bonds is 4. The molecular weight excluding hydrogens is 294 g/mol. The smallest absolute Gasteiger partial charge is 0.335 e. The van der Waals surface area contributed by atoms with Gasteiger partial charge < -0.3 is 9.84 Å². The summed E-state index contributed by atoms with van der Waals surface area (Å²) >= 11 is 0. The molecule has 0 amide bonds. The molecule has 2 atom stereocenters. The second-order valence-corrected chi connectivity index (χ2v) is 5.59. The first kappa shape index (κ1) is 15.2. The fourth-order valence-corrected chi connectivity index (χ4v) is 2.63. The van der Waals surface area contributed by atoms with Gasteiger partial charge in [0.1, 0.15) is 5.75 Å². The Kier molecular flexibility index (Phi) is 4.12. The summed E-state index contributed by atoms with van der Waals surface area (Å²) in [6.07, 6.45) is -0.573. The van der Waals surface area contributed by atoms with E-state index in [-0.39, 0.29) is 11.3 Å². The third-order valence-corrected chi connectivity index (χ3v) is 3.88. The summed E-state index contributed by atoms with van der Waals surface area (Å²) in [6.45, 7) is 2.38. The third kappa shape index (κ3) is 3.24. The molecule has 2 aromatic carbocycles. The molecule has 0 spiro atoms. The van der Waals surface area contributed by atoms with Gasteiger partial charge in [-0.05, 0) is 36.8 Å². The molecule has 2 aromatic rings. The average Bonchev–Trinajstić information content (AvgIpc) is 2.91. The largest absolute Gasteiger partial charge is 0.481 e. The van der Waals surface area contributed by atoms with Gasteiger partial charge in [0, 0.05) is 6.54 Å². The number of ether oxygens (including phenoxy) is 1. The van der Waals surface area contributed by atoms with Crippen LogP contribution in [0.3, 0.4) is 0 Å². The Hall–Kier alpha value is -2.66. The summed E-state index contributed by atoms with van der Waals surface area (Å²) < 4.78 is 5.74. The number of carboxylic acids is 1. The number of nitrogens with one attached hydrogen (secondary N) is 1. The highest BCUT2D eigenvalue weighted by atomic mass is 16.5. The van der Waals surface area contributed by atoms with Gasteiger partial charge in [-0.25, -0.2) is 4.79 Å². The number of Topliss-reactive ketones (excluding diaryl/α,β-unsaturated/α-hetero) is 1. The minimum atomic E-state index is -1.01. The standard InChI is InChI=1S/C18H17NO4/c1-11-5-7-14(8-6-11)23-15-10-19-16(17(15)20)12-3-2-4-13(9-12)18(21)22/h2-9,15-16,19H,10H2,1H3,(H,21,22). The maximum Gasteiger partial charge on any atom is 0.335 e. The van der Waals surface area contributed by atoms with Crippen molar-refractivity contribution in [2.75, 3.05) is 6.54 Å². The number of carbonyl (C=O) groups is 2. The first-order valence-electron chi connectivity index (χ1n) is 7.38. The van der Waals surface area contributed by atoms with Crippen molar-refractivity contribution in [2.24, 2.45) is 0 Å². The lowest BCUT2D eigenvalue weighted by atomic mass is 10.0. The van der Waals surface area contributed by atoms with Gasteiger partial charge in [0.05, 0.1) is 11.6 Å². The van der Waals surface area contributed by atoms with E-state index < -0.39 is 18.1 Å². The Morgan fingerprint density at radius 1 is 1.22 bits per heavy atom. The Labute approximate surface area is 133 Å². The maximum atomic E-state index is 12.5. The van der Waals surface area contributed by atoms with E-state index in [0.29, 0.717) is 17.9 Å². The highest BCUT2D eigenvalue weighted by Crippen LogP contribution is 2.24. The molecule has 0 aliphatic carbocycles. The van der Waals surface area contributed by atoms with Gasteiger partial charge in [-0.3, -0.25) is 10.1 Å². The normalized spacial score (nSPS) is 20.5. The summed E-state index contributed by atoms with van der Waals surface area (Å²) in [5.41, 5.74) is 1.93. The summed E-state index contributed by atoms with van der Waals surface area (Å²) in [5.74, 6) is -0.450. The van der Waals surface area contributed by atoms with Gasteiger partial charge in [0.25, 0.3) is 0 Å². The van der Waals surface area contributed by atoms with Crippen LogP contribution in [0.2, 0.25) is 0 Å². The summed E-state index contributed by atoms with van der Waals surface area (Å²) in [4.78, 5) is 23.6. The molecule has 1 heterocycles. The van der Waals surface area contributed by atoms with Crippen LogP contribution in [0.15, 0.2) is 48.5 Å². The number of hydrogen-bond donors (Lipinski definition) is 2. The van der Waals surface area contributed by atoms with E-state index in [4.69, 9.17) is 9.84 Å². The van der Waals surface area contributed by atoms with E-state index in [1.165, 1.54) is 12.1 Å². The zero-order valence-electron chi connectivity index (χ0n) is 12.7. The molecule has 1 aliphatic heterocycles. The lowest BCUT2D eigenvalue weighted by Crippen LogP contribution is -2.26. The van der Waals surface area contributed by atoms with Crippen LogP contribution >= 0.6 is 0 Å². The Balaban J connectivity index is 1.75. The van der Waals surface area contributed by atoms with Crippen LogP contribution in [-0.2, 0) is 4.79 Å². The molecule has 0 saturated carbocycles. The molecule has 0 aromatic heterocycles. The van der Waals surface area contributed by atoms with Gasteiger partial charge in [0.2, 0.25) is 0 Å². The van der Waals surface area contributed by atoms with E-state index in [1.54, 1.807) is 12.1 Å². The monoisotopic (exact) mass is 311 g/mol. The van der Waals surface area contributed by atoms with Crippen molar-refractivity contribution in [1.29, 1.82) is 0 Å². The number of aromatic carboxylic acids is 1. The van der Waals surface area contributed by atoms with Crippen molar-refractivity contribution >= 4 is 11.8 Å². The van der Waals surface area contributed by atoms with Crippen LogP contribution in [0.4, 0.5) is 0 Å². The minimum absolute atomic E-state index is 0.0897. The Morgan fingerprint density at radius 3 is 2.65 bits per heavy atom. The van der Waals surface area contributed by atoms with E-state index in [1.807, 2.05) is 31.2 Å². The van der Waals surface area contributed by atoms with Gasteiger partial charge >= 0.3 is 5.97 Å². The molecule has 1 saturated heterocycles. The van der Waals surface area contributed by atoms with Crippen LogP contribution in [0, 0.1) is 6.92 Å². The number of hydrogen-bond acceptors (Lipinski definition) is 4. The van der Waals surface area contributed by atoms with E-state index >= 15 is 0 Å². The third-order valence-electron chi connectivity index (χ3n) is 3.88. The number of ketones is 1. The van der Waals surface area contributed by atoms with Crippen LogP contribution in [0.25, 0.3) is 0 Å². The van der Waals surface area contributed by atoms with Crippen LogP contribution in [0.1, 0.15) is 27.5 Å². The van der Waals surface area contributed by atoms with Crippen molar-refractivity contribution in [2.45, 2.75) is 19.1 Å². The second-order valence-electron chi connectivity index (χ2n) is 5.59. The fourth-order valence-electron chi connectivity index (χ4n) is 2.63. The molecule has 2 N–H and O–H groups in total. The summed E-state index contributed by atoms with van der Waals surface area (Å²) in [7, 11) is 0. The first-order chi connectivity index (χ1) is 11.0. The summed E-state index contributed by atoms with van der Waals surface area (Å²) in [5, 5.41) is 12.2. The van der Waals surface area contributed by atoms with Gasteiger partial charge in [0.15, 0.2) is 11.9 Å². The maximum absolute atomic E-state index is 12.5. The highest BCUT2D eigenvalue weighted by molar-refractivity contribution is 5.93. The fraction of sp³-hybridized carbons (Fsp3) is 0.222. The van der Waals surface area contributed by atoms with Crippen molar-refractivity contribution < 1.29 is 19.4 Å². The Bertz CT molecular complexity index is 739. The second kappa shape index (κ2) is 6.22. The number of benzene rings is 2. The quantitative estimate of drug-likeness (QED) is 0.906. The van der Waals surface area contributed by atoms with Crippen LogP contribution < -0.4 is 10.1 Å². The topological polar surface area (TPSA) is 75.6 Å². The highest BCUT2D eigenvalue weighted by Gasteiger charge is 2.36. The van der Waals surface area contributed by atoms with Crippen LogP contribution in [-0.4, -0.2) is 29.5 Å². The van der Waals surface area contributed by atoms with E-state index in [9.17, 15) is 9.59 Å². The molecule has 2 unspecified atom stereocenters. The van der Waals surface area contributed by atoms with Crippen molar-refractivity contribution in [3.05, 3.63) is 65.2 Å². The SMILES string of the molecule is Cc1ccc(OC2CNC(c3cccc(C(=O)O)c3)C2=O)cc1. The molecule has 118 valence electrons. The zero-order chi connectivity index (χ0) is 16.4.